The number of carbonyl (C=O) groups is 1. The van der Waals surface area contributed by atoms with Crippen LogP contribution in [0.4, 0.5) is 5.69 Å². The lowest BCUT2D eigenvalue weighted by atomic mass is 10.1. The summed E-state index contributed by atoms with van der Waals surface area (Å²) in [6.45, 7) is 2.55. The van der Waals surface area contributed by atoms with Gasteiger partial charge >= 0.3 is 0 Å². The molecule has 5 nitrogen and oxygen atoms in total. The summed E-state index contributed by atoms with van der Waals surface area (Å²) >= 11 is 5.93. The van der Waals surface area contributed by atoms with E-state index in [0.717, 1.165) is 12.8 Å². The van der Waals surface area contributed by atoms with Gasteiger partial charge in [0.2, 0.25) is 0 Å². The number of nitro groups is 1. The van der Waals surface area contributed by atoms with Crippen molar-refractivity contribution in [3.8, 4) is 0 Å². The Hall–Kier alpha value is -2.40. The topological polar surface area (TPSA) is 72.2 Å². The van der Waals surface area contributed by atoms with Gasteiger partial charge in [-0.15, -0.1) is 0 Å². The van der Waals surface area contributed by atoms with Crippen LogP contribution >= 0.6 is 11.6 Å². The first kappa shape index (κ1) is 17.0. The van der Waals surface area contributed by atoms with Crippen LogP contribution in [0.15, 0.2) is 42.5 Å². The van der Waals surface area contributed by atoms with E-state index in [1.165, 1.54) is 29.3 Å². The zero-order valence-electron chi connectivity index (χ0n) is 12.7. The van der Waals surface area contributed by atoms with Crippen LogP contribution in [0.3, 0.4) is 0 Å². The zero-order chi connectivity index (χ0) is 16.8. The normalized spacial score (nSPS) is 10.3. The van der Waals surface area contributed by atoms with Gasteiger partial charge in [0.05, 0.1) is 15.5 Å². The van der Waals surface area contributed by atoms with Crippen molar-refractivity contribution < 1.29 is 9.72 Å². The van der Waals surface area contributed by atoms with Crippen LogP contribution in [0.2, 0.25) is 5.02 Å². The van der Waals surface area contributed by atoms with E-state index in [1.54, 1.807) is 0 Å². The summed E-state index contributed by atoms with van der Waals surface area (Å²) in [6, 6.07) is 12.1. The van der Waals surface area contributed by atoms with Gasteiger partial charge in [0, 0.05) is 18.7 Å². The van der Waals surface area contributed by atoms with Gasteiger partial charge in [-0.1, -0.05) is 41.4 Å². The Bertz CT molecular complexity index is 714. The molecule has 0 aromatic heterocycles. The van der Waals surface area contributed by atoms with Crippen LogP contribution in [0, 0.1) is 17.0 Å². The number of benzene rings is 2. The smallest absolute Gasteiger partial charge is 0.270 e. The van der Waals surface area contributed by atoms with E-state index in [2.05, 4.69) is 29.6 Å². The highest BCUT2D eigenvalue weighted by molar-refractivity contribution is 6.34. The molecule has 1 N–H and O–H groups in total. The van der Waals surface area contributed by atoms with Gasteiger partial charge in [-0.3, -0.25) is 14.9 Å². The monoisotopic (exact) mass is 332 g/mol. The lowest BCUT2D eigenvalue weighted by molar-refractivity contribution is -0.384. The van der Waals surface area contributed by atoms with Crippen molar-refractivity contribution in [3.05, 3.63) is 74.3 Å². The third-order valence-electron chi connectivity index (χ3n) is 3.46. The van der Waals surface area contributed by atoms with Crippen molar-refractivity contribution in [1.29, 1.82) is 0 Å². The molecule has 0 aliphatic heterocycles. The summed E-state index contributed by atoms with van der Waals surface area (Å²) in [5.74, 6) is -0.325. The van der Waals surface area contributed by atoms with Crippen LogP contribution in [-0.4, -0.2) is 17.4 Å². The van der Waals surface area contributed by atoms with Crippen molar-refractivity contribution >= 4 is 23.2 Å². The molecule has 1 amide bonds. The van der Waals surface area contributed by atoms with Gasteiger partial charge in [0.1, 0.15) is 0 Å². The molecule has 0 saturated heterocycles. The van der Waals surface area contributed by atoms with Crippen LogP contribution in [-0.2, 0) is 6.42 Å². The van der Waals surface area contributed by atoms with E-state index < -0.39 is 4.92 Å². The van der Waals surface area contributed by atoms with Gasteiger partial charge in [0.25, 0.3) is 11.6 Å². The maximum Gasteiger partial charge on any atom is 0.270 e. The Morgan fingerprint density at radius 1 is 1.22 bits per heavy atom. The average Bonchev–Trinajstić information content (AvgIpc) is 2.52. The number of hydrogen-bond acceptors (Lipinski definition) is 3. The van der Waals surface area contributed by atoms with Crippen molar-refractivity contribution in [2.75, 3.05) is 6.54 Å². The van der Waals surface area contributed by atoms with E-state index in [9.17, 15) is 14.9 Å². The highest BCUT2D eigenvalue weighted by Crippen LogP contribution is 2.22. The number of nitrogens with one attached hydrogen (secondary N) is 1. The summed E-state index contributed by atoms with van der Waals surface area (Å²) in [5, 5.41) is 13.5. The molecule has 0 atom stereocenters. The molecule has 2 rings (SSSR count). The van der Waals surface area contributed by atoms with Crippen LogP contribution < -0.4 is 5.32 Å². The molecule has 2 aromatic carbocycles. The minimum atomic E-state index is -0.546. The second kappa shape index (κ2) is 7.74. The van der Waals surface area contributed by atoms with E-state index in [4.69, 9.17) is 11.6 Å². The van der Waals surface area contributed by atoms with Crippen LogP contribution in [0.5, 0.6) is 0 Å². The molecule has 23 heavy (non-hydrogen) atoms. The predicted molar refractivity (Wildman–Crippen MR) is 89.9 cm³/mol. The van der Waals surface area contributed by atoms with Crippen molar-refractivity contribution in [2.24, 2.45) is 0 Å². The first-order valence-electron chi connectivity index (χ1n) is 7.25. The van der Waals surface area contributed by atoms with E-state index >= 15 is 0 Å². The van der Waals surface area contributed by atoms with E-state index in [-0.39, 0.29) is 22.2 Å². The van der Waals surface area contributed by atoms with Gasteiger partial charge in [0.15, 0.2) is 0 Å². The third-order valence-corrected chi connectivity index (χ3v) is 3.77. The van der Waals surface area contributed by atoms with Gasteiger partial charge in [-0.05, 0) is 31.4 Å². The molecule has 0 radical (unpaired) electrons. The molecule has 0 spiro atoms. The van der Waals surface area contributed by atoms with Gasteiger partial charge < -0.3 is 5.32 Å². The van der Waals surface area contributed by atoms with Crippen molar-refractivity contribution in [2.45, 2.75) is 19.8 Å². The fraction of sp³-hybridized carbons (Fsp3) is 0.235. The molecule has 0 unspecified atom stereocenters. The summed E-state index contributed by atoms with van der Waals surface area (Å²) in [4.78, 5) is 22.1. The number of hydrogen-bond donors (Lipinski definition) is 1. The number of nitro benzene ring substituents is 1. The Kier molecular flexibility index (Phi) is 5.71. The summed E-state index contributed by atoms with van der Waals surface area (Å²) in [6.07, 6.45) is 1.67. The van der Waals surface area contributed by atoms with Crippen molar-refractivity contribution in [1.82, 2.24) is 5.32 Å². The first-order chi connectivity index (χ1) is 11.0. The molecule has 0 fully saturated rings. The van der Waals surface area contributed by atoms with Crippen molar-refractivity contribution in [3.63, 3.8) is 0 Å². The number of amides is 1. The zero-order valence-corrected chi connectivity index (χ0v) is 13.5. The standard InChI is InChI=1S/C17H17ClN2O3/c1-12-4-6-13(7-5-12)3-2-10-19-17(21)15-9-8-14(20(22)23)11-16(15)18/h4-9,11H,2-3,10H2,1H3,(H,19,21). The van der Waals surface area contributed by atoms with Crippen LogP contribution in [0.25, 0.3) is 0 Å². The SMILES string of the molecule is Cc1ccc(CCCNC(=O)c2ccc([N+](=O)[O-])cc2Cl)cc1. The molecule has 120 valence electrons. The van der Waals surface area contributed by atoms with E-state index in [0.29, 0.717) is 6.54 Å². The molecule has 0 aliphatic rings. The highest BCUT2D eigenvalue weighted by Gasteiger charge is 2.14. The number of non-ortho nitro benzene ring substituents is 1. The fourth-order valence-corrected chi connectivity index (χ4v) is 2.41. The third kappa shape index (κ3) is 4.79. The molecule has 6 heteroatoms. The summed E-state index contributed by atoms with van der Waals surface area (Å²) in [7, 11) is 0. The Balaban J connectivity index is 1.85. The minimum absolute atomic E-state index is 0.0789. The first-order valence-corrected chi connectivity index (χ1v) is 7.63. The number of rotatable bonds is 6. The molecule has 0 heterocycles. The molecule has 0 saturated carbocycles. The fourth-order valence-electron chi connectivity index (χ4n) is 2.15. The molecule has 0 aliphatic carbocycles. The number of aryl methyl sites for hydroxylation is 2. The lowest BCUT2D eigenvalue weighted by Gasteiger charge is -2.07. The number of halogens is 1. The van der Waals surface area contributed by atoms with E-state index in [1.807, 2.05) is 6.92 Å². The molecular formula is C17H17ClN2O3. The number of carbonyl (C=O) groups excluding carboxylic acids is 1. The van der Waals surface area contributed by atoms with Gasteiger partial charge in [-0.25, -0.2) is 0 Å². The molecule has 0 bridgehead atoms. The average molecular weight is 333 g/mol. The van der Waals surface area contributed by atoms with Crippen LogP contribution in [0.1, 0.15) is 27.9 Å². The maximum atomic E-state index is 12.0. The highest BCUT2D eigenvalue weighted by atomic mass is 35.5. The Morgan fingerprint density at radius 2 is 1.91 bits per heavy atom. The molecule has 2 aromatic rings. The molecular weight excluding hydrogens is 316 g/mol. The quantitative estimate of drug-likeness (QED) is 0.495. The Labute approximate surface area is 139 Å². The Morgan fingerprint density at radius 3 is 2.52 bits per heavy atom. The van der Waals surface area contributed by atoms with Gasteiger partial charge in [-0.2, -0.15) is 0 Å². The largest absolute Gasteiger partial charge is 0.352 e. The lowest BCUT2D eigenvalue weighted by Crippen LogP contribution is -2.25. The summed E-state index contributed by atoms with van der Waals surface area (Å²) < 4.78 is 0. The minimum Gasteiger partial charge on any atom is -0.352 e. The predicted octanol–water partition coefficient (Wildman–Crippen LogP) is 3.92. The summed E-state index contributed by atoms with van der Waals surface area (Å²) in [5.41, 5.74) is 2.55. The second-order valence-corrected chi connectivity index (χ2v) is 5.67. The number of nitrogens with zero attached hydrogens (tertiary/aromatic N) is 1. The second-order valence-electron chi connectivity index (χ2n) is 5.27. The maximum absolute atomic E-state index is 12.0.